The zero-order chi connectivity index (χ0) is 24.7. The molecular weight excluding hydrogens is 308 g/mol. The smallest absolute Gasteiger partial charge is 0.228 e. The number of hydrogen-bond acceptors (Lipinski definition) is 5. The Hall–Kier alpha value is -1.62. The van der Waals surface area contributed by atoms with E-state index in [0.717, 1.165) is 26.4 Å². The van der Waals surface area contributed by atoms with E-state index in [1.165, 1.54) is 0 Å². The highest BCUT2D eigenvalue weighted by Gasteiger charge is 2.34. The van der Waals surface area contributed by atoms with Crippen molar-refractivity contribution in [3.05, 3.63) is 22.7 Å². The fraction of sp³-hybridized carbons (Fsp3) is 0.684. The summed E-state index contributed by atoms with van der Waals surface area (Å²) in [7, 11) is -2.00. The fourth-order valence-corrected chi connectivity index (χ4v) is 2.56. The number of rotatable bonds is 12. The van der Waals surface area contributed by atoms with Crippen molar-refractivity contribution < 1.29 is 35.1 Å². The highest BCUT2D eigenvalue weighted by atomic mass is 16.5. The average molecular weight is 346 g/mol. The van der Waals surface area contributed by atoms with Crippen molar-refractivity contribution in [2.75, 3.05) is 20.8 Å². The van der Waals surface area contributed by atoms with Crippen LogP contribution < -0.4 is 0 Å². The third-order valence-corrected chi connectivity index (χ3v) is 3.87. The number of Topliss-reactive ketones (excluding diaryl/α,β-unsaturated/α-hetero) is 2. The number of unbranched alkanes of at least 4 members (excludes halogenated alkanes) is 5. The number of carbonyl (C=O) groups excluding carboxylic acids is 2. The lowest BCUT2D eigenvalue weighted by atomic mass is 9.89. The molecule has 1 aliphatic rings. The first-order valence-corrected chi connectivity index (χ1v) is 8.06. The summed E-state index contributed by atoms with van der Waals surface area (Å²) in [6.45, 7) is -3.45. The van der Waals surface area contributed by atoms with Crippen LogP contribution in [0.1, 0.15) is 75.6 Å². The van der Waals surface area contributed by atoms with Gasteiger partial charge in [0.05, 0.1) is 18.3 Å². The van der Waals surface area contributed by atoms with Crippen LogP contribution in [0.25, 0.3) is 0 Å². The van der Waals surface area contributed by atoms with E-state index in [1.54, 1.807) is 0 Å². The molecule has 1 N–H and O–H groups in total. The molecule has 0 unspecified atom stereocenters. The van der Waals surface area contributed by atoms with Gasteiger partial charge in [-0.15, -0.1) is 0 Å². The molecule has 5 nitrogen and oxygen atoms in total. The molecule has 0 aliphatic heterocycles. The minimum atomic E-state index is -3.07. The molecule has 0 saturated heterocycles. The zero-order valence-corrected chi connectivity index (χ0v) is 13.9. The van der Waals surface area contributed by atoms with Gasteiger partial charge < -0.3 is 14.6 Å². The highest BCUT2D eigenvalue weighted by Crippen LogP contribution is 2.28. The van der Waals surface area contributed by atoms with Gasteiger partial charge in [-0.1, -0.05) is 38.5 Å². The normalized spacial score (nSPS) is 21.9. The largest absolute Gasteiger partial charge is 0.489 e. The SMILES string of the molecule is [2H]C([2H])(CO)CCCCCCCCC1=C(C([2H])([2H])[2H])C(=O)C(OC([2H])([2H])[2H])=C(OC)C1=O. The van der Waals surface area contributed by atoms with E-state index in [4.69, 9.17) is 20.8 Å². The number of carbonyl (C=O) groups is 2. The van der Waals surface area contributed by atoms with Crippen LogP contribution in [-0.2, 0) is 19.1 Å². The fourth-order valence-electron chi connectivity index (χ4n) is 2.56. The van der Waals surface area contributed by atoms with Gasteiger partial charge in [0.2, 0.25) is 23.1 Å². The molecule has 0 aromatic carbocycles. The molecule has 0 atom stereocenters. The third-order valence-electron chi connectivity index (χ3n) is 3.87. The Morgan fingerprint density at radius 1 is 0.958 bits per heavy atom. The van der Waals surface area contributed by atoms with E-state index in [1.807, 2.05) is 0 Å². The quantitative estimate of drug-likeness (QED) is 0.433. The minimum Gasteiger partial charge on any atom is -0.489 e. The van der Waals surface area contributed by atoms with Crippen LogP contribution in [-0.4, -0.2) is 37.4 Å². The van der Waals surface area contributed by atoms with Crippen molar-refractivity contribution in [3.63, 3.8) is 0 Å². The van der Waals surface area contributed by atoms with E-state index < -0.39 is 55.5 Å². The van der Waals surface area contributed by atoms with Crippen LogP contribution in [0.5, 0.6) is 0 Å². The monoisotopic (exact) mass is 346 g/mol. The molecular formula is C19H30O5. The molecule has 1 aliphatic carbocycles. The van der Waals surface area contributed by atoms with E-state index in [0.29, 0.717) is 19.3 Å². The van der Waals surface area contributed by atoms with Gasteiger partial charge in [-0.3, -0.25) is 9.59 Å². The van der Waals surface area contributed by atoms with E-state index in [2.05, 4.69) is 4.74 Å². The molecule has 0 radical (unpaired) electrons. The minimum absolute atomic E-state index is 0.0132. The summed E-state index contributed by atoms with van der Waals surface area (Å²) in [5.41, 5.74) is -0.963. The molecule has 136 valence electrons. The van der Waals surface area contributed by atoms with Crippen LogP contribution in [0.15, 0.2) is 22.7 Å². The summed E-state index contributed by atoms with van der Waals surface area (Å²) in [5.74, 6) is -3.60. The Bertz CT molecular complexity index is 750. The number of hydrogen-bond donors (Lipinski definition) is 1. The number of aliphatic hydroxyl groups is 1. The molecule has 24 heavy (non-hydrogen) atoms. The summed E-state index contributed by atoms with van der Waals surface area (Å²) in [5, 5.41) is 8.90. The molecule has 0 bridgehead atoms. The third kappa shape index (κ3) is 5.48. The standard InChI is InChI=1S/C19H30O5/c1-14-15(12-10-8-6-4-5-7-9-11-13-20)17(22)19(24-3)18(23-2)16(14)21/h20H,4-13H2,1-3H3/i1D3,2D3,11D2. The Balaban J connectivity index is 2.82. The Kier molecular flexibility index (Phi) is 5.09. The first-order valence-electron chi connectivity index (χ1n) is 12.1. The van der Waals surface area contributed by atoms with Crippen LogP contribution in [0.3, 0.4) is 0 Å². The van der Waals surface area contributed by atoms with Gasteiger partial charge in [-0.25, -0.2) is 0 Å². The number of ether oxygens (including phenoxy) is 2. The number of methoxy groups -OCH3 is 2. The van der Waals surface area contributed by atoms with Gasteiger partial charge >= 0.3 is 0 Å². The first kappa shape index (κ1) is 11.1. The summed E-state index contributed by atoms with van der Waals surface area (Å²) in [4.78, 5) is 25.6. The van der Waals surface area contributed by atoms with Crippen molar-refractivity contribution in [1.82, 2.24) is 0 Å². The summed E-state index contributed by atoms with van der Waals surface area (Å²) < 4.78 is 69.0. The molecule has 1 rings (SSSR count). The summed E-state index contributed by atoms with van der Waals surface area (Å²) in [6.07, 6.45) is 2.74. The second kappa shape index (κ2) is 11.0. The maximum absolute atomic E-state index is 12.8. The van der Waals surface area contributed by atoms with Crippen molar-refractivity contribution in [1.29, 1.82) is 0 Å². The second-order valence-corrected chi connectivity index (χ2v) is 5.51. The number of ketones is 2. The van der Waals surface area contributed by atoms with Crippen molar-refractivity contribution in [3.8, 4) is 0 Å². The van der Waals surface area contributed by atoms with Gasteiger partial charge in [0.25, 0.3) is 0 Å². The van der Waals surface area contributed by atoms with Crippen LogP contribution >= 0.6 is 0 Å². The molecule has 0 aromatic rings. The van der Waals surface area contributed by atoms with Crippen molar-refractivity contribution in [2.24, 2.45) is 0 Å². The van der Waals surface area contributed by atoms with Crippen molar-refractivity contribution >= 4 is 11.6 Å². The van der Waals surface area contributed by atoms with Gasteiger partial charge in [0.1, 0.15) is 0 Å². The van der Waals surface area contributed by atoms with Crippen molar-refractivity contribution in [2.45, 2.75) is 64.6 Å². The molecule has 0 aromatic heterocycles. The summed E-state index contributed by atoms with van der Waals surface area (Å²) >= 11 is 0. The molecule has 5 heteroatoms. The zero-order valence-electron chi connectivity index (χ0n) is 21.9. The topological polar surface area (TPSA) is 72.8 Å². The van der Waals surface area contributed by atoms with Gasteiger partial charge in [-0.2, -0.15) is 0 Å². The molecule has 0 fully saturated rings. The number of aliphatic hydroxyl groups excluding tert-OH is 1. The van der Waals surface area contributed by atoms with E-state index in [9.17, 15) is 9.59 Å². The van der Waals surface area contributed by atoms with Crippen LogP contribution in [0, 0.1) is 0 Å². The summed E-state index contributed by atoms with van der Waals surface area (Å²) in [6, 6.07) is 0. The number of allylic oxidation sites excluding steroid dienone is 2. The van der Waals surface area contributed by atoms with Crippen LogP contribution in [0.4, 0.5) is 0 Å². The lowest BCUT2D eigenvalue weighted by molar-refractivity contribution is -0.121. The second-order valence-electron chi connectivity index (χ2n) is 5.51. The highest BCUT2D eigenvalue weighted by molar-refractivity contribution is 6.23. The van der Waals surface area contributed by atoms with Gasteiger partial charge in [0.15, 0.2) is 0 Å². The molecule has 0 saturated carbocycles. The predicted molar refractivity (Wildman–Crippen MR) is 92.4 cm³/mol. The molecule has 0 amide bonds. The molecule has 0 heterocycles. The van der Waals surface area contributed by atoms with E-state index >= 15 is 0 Å². The first-order chi connectivity index (χ1) is 14.6. The van der Waals surface area contributed by atoms with Gasteiger partial charge in [-0.05, 0) is 26.1 Å². The Morgan fingerprint density at radius 3 is 2.17 bits per heavy atom. The Morgan fingerprint density at radius 2 is 1.58 bits per heavy atom. The lowest BCUT2D eigenvalue weighted by Crippen LogP contribution is -2.25. The van der Waals surface area contributed by atoms with E-state index in [-0.39, 0.29) is 18.4 Å². The maximum Gasteiger partial charge on any atom is 0.228 e. The predicted octanol–water partition coefficient (Wildman–Crippen LogP) is 3.46. The maximum atomic E-state index is 12.8. The average Bonchev–Trinajstić information content (AvgIpc) is 2.65. The molecule has 0 spiro atoms. The van der Waals surface area contributed by atoms with Gasteiger partial charge in [0, 0.05) is 24.6 Å². The van der Waals surface area contributed by atoms with Crippen LogP contribution in [0.2, 0.25) is 0 Å². The Labute approximate surface area is 156 Å². The lowest BCUT2D eigenvalue weighted by Gasteiger charge is -2.20.